The van der Waals surface area contributed by atoms with E-state index in [0.717, 1.165) is 11.1 Å². The van der Waals surface area contributed by atoms with Crippen LogP contribution in [-0.2, 0) is 0 Å². The number of nitrogens with zero attached hydrogens (tertiary/aromatic N) is 2. The Labute approximate surface area is 121 Å². The normalized spacial score (nSPS) is 12.3. The van der Waals surface area contributed by atoms with Gasteiger partial charge in [-0.2, -0.15) is 5.10 Å². The molecule has 0 bridgehead atoms. The van der Waals surface area contributed by atoms with Crippen molar-refractivity contribution in [1.29, 1.82) is 0 Å². The lowest BCUT2D eigenvalue weighted by Crippen LogP contribution is -2.13. The predicted octanol–water partition coefficient (Wildman–Crippen LogP) is 3.17. The van der Waals surface area contributed by atoms with Gasteiger partial charge in [-0.25, -0.2) is 4.98 Å². The Morgan fingerprint density at radius 3 is 2.60 bits per heavy atom. The third-order valence-corrected chi connectivity index (χ3v) is 3.27. The van der Waals surface area contributed by atoms with E-state index in [1.54, 1.807) is 0 Å². The van der Waals surface area contributed by atoms with E-state index in [4.69, 9.17) is 17.3 Å². The van der Waals surface area contributed by atoms with Crippen LogP contribution in [0.2, 0.25) is 5.02 Å². The zero-order valence-electron chi connectivity index (χ0n) is 10.6. The van der Waals surface area contributed by atoms with Crippen molar-refractivity contribution in [3.05, 3.63) is 71.0 Å². The van der Waals surface area contributed by atoms with E-state index in [2.05, 4.69) is 15.2 Å². The minimum absolute atomic E-state index is 0.323. The molecule has 0 aliphatic rings. The number of benzene rings is 2. The molecule has 4 nitrogen and oxygen atoms in total. The number of H-pyrrole nitrogens is 1. The molecular formula is C15H13ClN4. The number of nitrogens with one attached hydrogen (secondary N) is 1. The van der Waals surface area contributed by atoms with Gasteiger partial charge in [0.1, 0.15) is 5.82 Å². The maximum Gasteiger partial charge on any atom is 0.181 e. The molecule has 0 aliphatic carbocycles. The summed E-state index contributed by atoms with van der Waals surface area (Å²) in [6.07, 6.45) is 0. The Balaban J connectivity index is 1.91. The zero-order valence-corrected chi connectivity index (χ0v) is 11.4. The molecule has 2 aromatic carbocycles. The Kier molecular flexibility index (Phi) is 3.50. The van der Waals surface area contributed by atoms with Crippen LogP contribution in [-0.4, -0.2) is 15.2 Å². The second-order valence-corrected chi connectivity index (χ2v) is 4.88. The molecule has 0 amide bonds. The number of aromatic amines is 1. The molecule has 0 saturated heterocycles. The molecule has 1 aromatic heterocycles. The molecule has 3 rings (SSSR count). The van der Waals surface area contributed by atoms with E-state index < -0.39 is 0 Å². The summed E-state index contributed by atoms with van der Waals surface area (Å²) in [5.41, 5.74) is 8.03. The van der Waals surface area contributed by atoms with Crippen LogP contribution in [0, 0.1) is 0 Å². The van der Waals surface area contributed by atoms with Crippen molar-refractivity contribution in [3.63, 3.8) is 0 Å². The number of halogens is 1. The van der Waals surface area contributed by atoms with Crippen LogP contribution in [0.3, 0.4) is 0 Å². The first kappa shape index (κ1) is 12.8. The highest BCUT2D eigenvalue weighted by Crippen LogP contribution is 2.22. The number of hydrogen-bond acceptors (Lipinski definition) is 3. The SMILES string of the molecule is N[C@@H](c1ccccc1)c1nc(-c2cccc(Cl)c2)n[nH]1. The van der Waals surface area contributed by atoms with Crippen LogP contribution >= 0.6 is 11.6 Å². The van der Waals surface area contributed by atoms with Gasteiger partial charge in [0.05, 0.1) is 6.04 Å². The first-order chi connectivity index (χ1) is 9.74. The van der Waals surface area contributed by atoms with E-state index in [1.165, 1.54) is 0 Å². The summed E-state index contributed by atoms with van der Waals surface area (Å²) in [5, 5.41) is 7.75. The number of hydrogen-bond donors (Lipinski definition) is 2. The average Bonchev–Trinajstić information content (AvgIpc) is 2.97. The maximum atomic E-state index is 6.18. The van der Waals surface area contributed by atoms with E-state index in [1.807, 2.05) is 54.6 Å². The highest BCUT2D eigenvalue weighted by Gasteiger charge is 2.14. The van der Waals surface area contributed by atoms with Crippen molar-refractivity contribution in [1.82, 2.24) is 15.2 Å². The molecule has 1 atom stereocenters. The number of nitrogens with two attached hydrogens (primary N) is 1. The van der Waals surface area contributed by atoms with E-state index in [0.29, 0.717) is 16.7 Å². The molecule has 5 heteroatoms. The molecular weight excluding hydrogens is 272 g/mol. The van der Waals surface area contributed by atoms with Gasteiger partial charge in [0.25, 0.3) is 0 Å². The Bertz CT molecular complexity index is 709. The van der Waals surface area contributed by atoms with Crippen LogP contribution < -0.4 is 5.73 Å². The first-order valence-electron chi connectivity index (χ1n) is 6.23. The number of aromatic nitrogens is 3. The quantitative estimate of drug-likeness (QED) is 0.776. The highest BCUT2D eigenvalue weighted by atomic mass is 35.5. The average molecular weight is 285 g/mol. The van der Waals surface area contributed by atoms with Crippen LogP contribution in [0.4, 0.5) is 0 Å². The monoisotopic (exact) mass is 284 g/mol. The lowest BCUT2D eigenvalue weighted by molar-refractivity contribution is 0.787. The molecule has 0 unspecified atom stereocenters. The summed E-state index contributed by atoms with van der Waals surface area (Å²) < 4.78 is 0. The minimum Gasteiger partial charge on any atom is -0.318 e. The molecule has 20 heavy (non-hydrogen) atoms. The summed E-state index contributed by atoms with van der Waals surface area (Å²) in [5.74, 6) is 1.22. The van der Waals surface area contributed by atoms with Crippen molar-refractivity contribution >= 4 is 11.6 Å². The Morgan fingerprint density at radius 1 is 1.05 bits per heavy atom. The lowest BCUT2D eigenvalue weighted by Gasteiger charge is -2.07. The van der Waals surface area contributed by atoms with Gasteiger partial charge in [0.2, 0.25) is 0 Å². The van der Waals surface area contributed by atoms with Crippen molar-refractivity contribution in [2.24, 2.45) is 5.73 Å². The largest absolute Gasteiger partial charge is 0.318 e. The first-order valence-corrected chi connectivity index (χ1v) is 6.60. The molecule has 3 aromatic rings. The summed E-state index contributed by atoms with van der Waals surface area (Å²) in [6.45, 7) is 0. The summed E-state index contributed by atoms with van der Waals surface area (Å²) in [6, 6.07) is 16.9. The molecule has 0 aliphatic heterocycles. The van der Waals surface area contributed by atoms with Gasteiger partial charge in [-0.05, 0) is 17.7 Å². The molecule has 0 radical (unpaired) electrons. The van der Waals surface area contributed by atoms with Crippen molar-refractivity contribution in [2.75, 3.05) is 0 Å². The van der Waals surface area contributed by atoms with Crippen molar-refractivity contribution < 1.29 is 0 Å². The van der Waals surface area contributed by atoms with E-state index in [-0.39, 0.29) is 6.04 Å². The van der Waals surface area contributed by atoms with Crippen LogP contribution in [0.25, 0.3) is 11.4 Å². The zero-order chi connectivity index (χ0) is 13.9. The molecule has 100 valence electrons. The van der Waals surface area contributed by atoms with Crippen molar-refractivity contribution in [3.8, 4) is 11.4 Å². The third kappa shape index (κ3) is 2.57. The standard InChI is InChI=1S/C15H13ClN4/c16-12-8-4-7-11(9-12)14-18-15(20-19-14)13(17)10-5-2-1-3-6-10/h1-9,13H,17H2,(H,18,19,20)/t13-/m0/s1. The summed E-state index contributed by atoms with van der Waals surface area (Å²) in [7, 11) is 0. The molecule has 0 spiro atoms. The van der Waals surface area contributed by atoms with Gasteiger partial charge >= 0.3 is 0 Å². The van der Waals surface area contributed by atoms with Crippen LogP contribution in [0.1, 0.15) is 17.4 Å². The lowest BCUT2D eigenvalue weighted by atomic mass is 10.1. The molecule has 0 saturated carbocycles. The van der Waals surface area contributed by atoms with Crippen LogP contribution in [0.15, 0.2) is 54.6 Å². The molecule has 0 fully saturated rings. The highest BCUT2D eigenvalue weighted by molar-refractivity contribution is 6.30. The van der Waals surface area contributed by atoms with Gasteiger partial charge in [0, 0.05) is 10.6 Å². The summed E-state index contributed by atoms with van der Waals surface area (Å²) in [4.78, 5) is 4.45. The van der Waals surface area contributed by atoms with Gasteiger partial charge in [0.15, 0.2) is 5.82 Å². The van der Waals surface area contributed by atoms with Crippen LogP contribution in [0.5, 0.6) is 0 Å². The Morgan fingerprint density at radius 2 is 1.85 bits per heavy atom. The van der Waals surface area contributed by atoms with Gasteiger partial charge in [-0.3, -0.25) is 5.10 Å². The maximum absolute atomic E-state index is 6.18. The minimum atomic E-state index is -0.323. The van der Waals surface area contributed by atoms with Gasteiger partial charge in [-0.1, -0.05) is 54.1 Å². The fraction of sp³-hybridized carbons (Fsp3) is 0.0667. The fourth-order valence-electron chi connectivity index (χ4n) is 1.99. The number of rotatable bonds is 3. The predicted molar refractivity (Wildman–Crippen MR) is 79.3 cm³/mol. The van der Waals surface area contributed by atoms with E-state index >= 15 is 0 Å². The Hall–Kier alpha value is -2.17. The fourth-order valence-corrected chi connectivity index (χ4v) is 2.18. The molecule has 1 heterocycles. The van der Waals surface area contributed by atoms with E-state index in [9.17, 15) is 0 Å². The van der Waals surface area contributed by atoms with Gasteiger partial charge in [-0.15, -0.1) is 0 Å². The molecule has 3 N–H and O–H groups in total. The third-order valence-electron chi connectivity index (χ3n) is 3.04. The topological polar surface area (TPSA) is 67.6 Å². The second-order valence-electron chi connectivity index (χ2n) is 4.44. The second kappa shape index (κ2) is 5.45. The summed E-state index contributed by atoms with van der Waals surface area (Å²) >= 11 is 5.97. The van der Waals surface area contributed by atoms with Gasteiger partial charge < -0.3 is 5.73 Å². The smallest absolute Gasteiger partial charge is 0.181 e. The van der Waals surface area contributed by atoms with Crippen molar-refractivity contribution in [2.45, 2.75) is 6.04 Å².